The Bertz CT molecular complexity index is 320. The Morgan fingerprint density at radius 3 is 2.27 bits per heavy atom. The Balaban J connectivity index is 2.44. The highest BCUT2D eigenvalue weighted by molar-refractivity contribution is 7.88. The first-order chi connectivity index (χ1) is 6.89. The molecule has 88 valence electrons. The predicted molar refractivity (Wildman–Crippen MR) is 54.6 cm³/mol. The van der Waals surface area contributed by atoms with Gasteiger partial charge >= 0.3 is 16.3 Å². The normalized spacial score (nSPS) is 27.3. The monoisotopic (exact) mass is 236 g/mol. The van der Waals surface area contributed by atoms with Crippen molar-refractivity contribution in [2.45, 2.75) is 38.6 Å². The Hall–Kier alpha value is -0.820. The van der Waals surface area contributed by atoms with Crippen molar-refractivity contribution in [3.8, 4) is 0 Å². The van der Waals surface area contributed by atoms with E-state index in [1.54, 1.807) is 0 Å². The molecule has 1 aliphatic carbocycles. The quantitative estimate of drug-likeness (QED) is 0.671. The molecule has 1 fully saturated rings. The highest BCUT2D eigenvalue weighted by Gasteiger charge is 2.23. The van der Waals surface area contributed by atoms with Gasteiger partial charge in [0.05, 0.1) is 0 Å². The van der Waals surface area contributed by atoms with E-state index < -0.39 is 16.3 Å². The molecule has 0 radical (unpaired) electrons. The van der Waals surface area contributed by atoms with E-state index >= 15 is 0 Å². The minimum absolute atomic E-state index is 0.141. The molecule has 0 aromatic rings. The van der Waals surface area contributed by atoms with Crippen molar-refractivity contribution in [2.24, 2.45) is 5.92 Å². The highest BCUT2D eigenvalue weighted by atomic mass is 32.2. The van der Waals surface area contributed by atoms with Gasteiger partial charge in [-0.2, -0.15) is 13.1 Å². The van der Waals surface area contributed by atoms with E-state index in [0.29, 0.717) is 5.92 Å². The van der Waals surface area contributed by atoms with Gasteiger partial charge < -0.3 is 5.11 Å². The van der Waals surface area contributed by atoms with Gasteiger partial charge in [-0.15, -0.1) is 0 Å². The van der Waals surface area contributed by atoms with Crippen LogP contribution in [0.3, 0.4) is 0 Å². The molecule has 0 aromatic heterocycles. The number of carboxylic acid groups (broad SMARTS) is 1. The molecule has 0 unspecified atom stereocenters. The lowest BCUT2D eigenvalue weighted by atomic mass is 9.88. The van der Waals surface area contributed by atoms with Gasteiger partial charge in [0.2, 0.25) is 0 Å². The van der Waals surface area contributed by atoms with Crippen LogP contribution in [-0.4, -0.2) is 25.7 Å². The van der Waals surface area contributed by atoms with E-state index in [1.807, 2.05) is 0 Å². The summed E-state index contributed by atoms with van der Waals surface area (Å²) in [6, 6.07) is -0.141. The molecule has 0 saturated heterocycles. The number of rotatable bonds is 3. The molecule has 0 spiro atoms. The fourth-order valence-corrected chi connectivity index (χ4v) is 2.71. The predicted octanol–water partition coefficient (Wildman–Crippen LogP) is 0.667. The van der Waals surface area contributed by atoms with Crippen LogP contribution in [0, 0.1) is 5.92 Å². The summed E-state index contributed by atoms with van der Waals surface area (Å²) in [4.78, 5) is 10.2. The molecule has 0 aliphatic heterocycles. The lowest BCUT2D eigenvalue weighted by Gasteiger charge is -2.26. The molecule has 6 nitrogen and oxygen atoms in total. The van der Waals surface area contributed by atoms with Crippen LogP contribution in [0.25, 0.3) is 0 Å². The molecule has 0 aromatic carbocycles. The van der Waals surface area contributed by atoms with Crippen molar-refractivity contribution in [1.82, 2.24) is 9.44 Å². The average molecular weight is 236 g/mol. The summed E-state index contributed by atoms with van der Waals surface area (Å²) in [5.41, 5.74) is 0. The molecule has 3 N–H and O–H groups in total. The fourth-order valence-electron chi connectivity index (χ4n) is 1.74. The van der Waals surface area contributed by atoms with Gasteiger partial charge in [0.1, 0.15) is 0 Å². The molecule has 0 atom stereocenters. The van der Waals surface area contributed by atoms with Crippen LogP contribution >= 0.6 is 0 Å². The van der Waals surface area contributed by atoms with E-state index in [-0.39, 0.29) is 6.04 Å². The molecule has 1 aliphatic rings. The van der Waals surface area contributed by atoms with Crippen molar-refractivity contribution in [1.29, 1.82) is 0 Å². The smallest absolute Gasteiger partial charge is 0.419 e. The van der Waals surface area contributed by atoms with Gasteiger partial charge in [0.25, 0.3) is 0 Å². The number of nitrogens with one attached hydrogen (secondary N) is 2. The van der Waals surface area contributed by atoms with Crippen molar-refractivity contribution in [3.63, 3.8) is 0 Å². The first-order valence-corrected chi connectivity index (χ1v) is 6.40. The van der Waals surface area contributed by atoms with E-state index in [1.165, 1.54) is 4.72 Å². The summed E-state index contributed by atoms with van der Waals surface area (Å²) in [6.45, 7) is 2.13. The fraction of sp³-hybridized carbons (Fsp3) is 0.875. The van der Waals surface area contributed by atoms with Crippen molar-refractivity contribution in [3.05, 3.63) is 0 Å². The van der Waals surface area contributed by atoms with Crippen LogP contribution in [0.15, 0.2) is 0 Å². The summed E-state index contributed by atoms with van der Waals surface area (Å²) in [6.07, 6.45) is 1.91. The summed E-state index contributed by atoms with van der Waals surface area (Å²) < 4.78 is 26.2. The van der Waals surface area contributed by atoms with Crippen LogP contribution in [0.2, 0.25) is 0 Å². The maximum Gasteiger partial charge on any atom is 0.419 e. The van der Waals surface area contributed by atoms with E-state index in [2.05, 4.69) is 11.6 Å². The lowest BCUT2D eigenvalue weighted by Crippen LogP contribution is -2.45. The van der Waals surface area contributed by atoms with Gasteiger partial charge in [-0.25, -0.2) is 9.52 Å². The van der Waals surface area contributed by atoms with Gasteiger partial charge in [-0.1, -0.05) is 6.92 Å². The zero-order chi connectivity index (χ0) is 11.5. The minimum atomic E-state index is -3.90. The van der Waals surface area contributed by atoms with Gasteiger partial charge in [-0.3, -0.25) is 0 Å². The molecule has 1 amide bonds. The van der Waals surface area contributed by atoms with Crippen molar-refractivity contribution < 1.29 is 18.3 Å². The second-order valence-electron chi connectivity index (χ2n) is 3.99. The van der Waals surface area contributed by atoms with Crippen LogP contribution in [0.4, 0.5) is 4.79 Å². The maximum absolute atomic E-state index is 11.2. The highest BCUT2D eigenvalue weighted by Crippen LogP contribution is 2.23. The number of hydrogen-bond donors (Lipinski definition) is 3. The first kappa shape index (κ1) is 12.3. The van der Waals surface area contributed by atoms with Crippen LogP contribution < -0.4 is 9.44 Å². The average Bonchev–Trinajstić information content (AvgIpc) is 2.06. The van der Waals surface area contributed by atoms with Crippen LogP contribution in [0.1, 0.15) is 32.6 Å². The SMILES string of the molecule is CC1CCC(NS(=O)(=O)NC(=O)O)CC1. The van der Waals surface area contributed by atoms with E-state index in [9.17, 15) is 13.2 Å². The zero-order valence-corrected chi connectivity index (χ0v) is 9.38. The molecule has 0 heterocycles. The minimum Gasteiger partial charge on any atom is -0.464 e. The van der Waals surface area contributed by atoms with Crippen LogP contribution in [0.5, 0.6) is 0 Å². The van der Waals surface area contributed by atoms with Gasteiger partial charge in [0.15, 0.2) is 0 Å². The summed E-state index contributed by atoms with van der Waals surface area (Å²) >= 11 is 0. The lowest BCUT2D eigenvalue weighted by molar-refractivity contribution is 0.200. The Morgan fingerprint density at radius 1 is 1.27 bits per heavy atom. The number of carbonyl (C=O) groups is 1. The summed E-state index contributed by atoms with van der Waals surface area (Å²) in [7, 11) is -3.90. The molecule has 15 heavy (non-hydrogen) atoms. The van der Waals surface area contributed by atoms with Gasteiger partial charge in [-0.05, 0) is 31.6 Å². The molecule has 0 bridgehead atoms. The molecule has 1 saturated carbocycles. The third-order valence-electron chi connectivity index (χ3n) is 2.56. The standard InChI is InChI=1S/C8H16N2O4S/c1-6-2-4-7(5-3-6)9-15(13,14)10-8(11)12/h6-7,9-10H,2-5H2,1H3,(H,11,12). The second kappa shape index (κ2) is 4.80. The first-order valence-electron chi connectivity index (χ1n) is 4.92. The van der Waals surface area contributed by atoms with Crippen LogP contribution in [-0.2, 0) is 10.2 Å². The Labute approximate surface area is 89.2 Å². The number of hydrogen-bond acceptors (Lipinski definition) is 3. The van der Waals surface area contributed by atoms with Gasteiger partial charge in [0, 0.05) is 6.04 Å². The summed E-state index contributed by atoms with van der Waals surface area (Å²) in [5, 5.41) is 8.29. The summed E-state index contributed by atoms with van der Waals surface area (Å²) in [5.74, 6) is 0.623. The van der Waals surface area contributed by atoms with Crippen molar-refractivity contribution >= 4 is 16.3 Å². The molecule has 7 heteroatoms. The third kappa shape index (κ3) is 4.48. The molecular formula is C8H16N2O4S. The Morgan fingerprint density at radius 2 is 1.80 bits per heavy atom. The van der Waals surface area contributed by atoms with Crippen molar-refractivity contribution in [2.75, 3.05) is 0 Å². The van der Waals surface area contributed by atoms with E-state index in [0.717, 1.165) is 25.7 Å². The third-order valence-corrected chi connectivity index (χ3v) is 3.65. The Kier molecular flexibility index (Phi) is 3.92. The molecular weight excluding hydrogens is 220 g/mol. The molecule has 1 rings (SSSR count). The van der Waals surface area contributed by atoms with E-state index in [4.69, 9.17) is 5.11 Å². The maximum atomic E-state index is 11.2. The number of amides is 1. The second-order valence-corrected chi connectivity index (χ2v) is 5.43. The zero-order valence-electron chi connectivity index (χ0n) is 8.56. The largest absolute Gasteiger partial charge is 0.464 e. The topological polar surface area (TPSA) is 95.5 Å².